The normalized spacial score (nSPS) is 22.6. The van der Waals surface area contributed by atoms with E-state index in [2.05, 4.69) is 13.0 Å². The molecule has 0 aliphatic heterocycles. The number of rotatable bonds is 4. The lowest BCUT2D eigenvalue weighted by molar-refractivity contribution is 0.0493. The zero-order valence-electron chi connectivity index (χ0n) is 9.08. The summed E-state index contributed by atoms with van der Waals surface area (Å²) in [6.45, 7) is 2.07. The third kappa shape index (κ3) is 2.99. The van der Waals surface area contributed by atoms with Gasteiger partial charge in [0.05, 0.1) is 18.1 Å². The molecule has 1 saturated carbocycles. The van der Waals surface area contributed by atoms with Crippen molar-refractivity contribution in [3.05, 3.63) is 0 Å². The van der Waals surface area contributed by atoms with Crippen LogP contribution in [0, 0.1) is 23.2 Å². The molecule has 1 aliphatic rings. The Morgan fingerprint density at radius 2 is 2.00 bits per heavy atom. The lowest BCUT2D eigenvalue weighted by atomic mass is 9.79. The van der Waals surface area contributed by atoms with Crippen molar-refractivity contribution in [1.82, 2.24) is 0 Å². The van der Waals surface area contributed by atoms with Crippen LogP contribution in [0.15, 0.2) is 0 Å². The van der Waals surface area contributed by atoms with Gasteiger partial charge in [-0.3, -0.25) is 0 Å². The lowest BCUT2D eigenvalue weighted by Gasteiger charge is -2.29. The number of hydrogen-bond acceptors (Lipinski definition) is 2. The fraction of sp³-hybridized carbons (Fsp3) is 0.917. The summed E-state index contributed by atoms with van der Waals surface area (Å²) >= 11 is 0. The molecule has 0 aromatic rings. The van der Waals surface area contributed by atoms with Gasteiger partial charge in [-0.1, -0.05) is 32.6 Å². The van der Waals surface area contributed by atoms with E-state index < -0.39 is 0 Å². The topological polar surface area (TPSA) is 44.0 Å². The highest BCUT2D eigenvalue weighted by Gasteiger charge is 2.28. The monoisotopic (exact) mass is 195 g/mol. The quantitative estimate of drug-likeness (QED) is 0.749. The van der Waals surface area contributed by atoms with E-state index in [4.69, 9.17) is 5.26 Å². The van der Waals surface area contributed by atoms with E-state index in [1.807, 2.05) is 0 Å². The first-order chi connectivity index (χ1) is 6.79. The van der Waals surface area contributed by atoms with Crippen molar-refractivity contribution in [1.29, 1.82) is 5.26 Å². The van der Waals surface area contributed by atoms with Crippen molar-refractivity contribution in [2.24, 2.45) is 11.8 Å². The molecule has 0 radical (unpaired) electrons. The Morgan fingerprint density at radius 1 is 1.36 bits per heavy atom. The summed E-state index contributed by atoms with van der Waals surface area (Å²) in [5.74, 6) is 0.253. The van der Waals surface area contributed by atoms with E-state index in [1.54, 1.807) is 0 Å². The standard InChI is InChI=1S/C12H21NO/c1-2-6-11(9-13)12(14)10-7-4-3-5-8-10/h10-12,14H,2-8H2,1H3. The molecule has 2 unspecified atom stereocenters. The molecule has 0 heterocycles. The number of aliphatic hydroxyl groups is 1. The Hall–Kier alpha value is -0.550. The van der Waals surface area contributed by atoms with Crippen LogP contribution < -0.4 is 0 Å². The largest absolute Gasteiger partial charge is 0.391 e. The van der Waals surface area contributed by atoms with E-state index in [0.717, 1.165) is 25.7 Å². The third-order valence-corrected chi connectivity index (χ3v) is 3.31. The second-order valence-electron chi connectivity index (χ2n) is 4.41. The summed E-state index contributed by atoms with van der Waals surface area (Å²) in [7, 11) is 0. The van der Waals surface area contributed by atoms with Gasteiger partial charge in [-0.2, -0.15) is 5.26 Å². The van der Waals surface area contributed by atoms with Gasteiger partial charge in [0, 0.05) is 0 Å². The van der Waals surface area contributed by atoms with Crippen LogP contribution in [0.4, 0.5) is 0 Å². The molecule has 0 saturated heterocycles. The highest BCUT2D eigenvalue weighted by Crippen LogP contribution is 2.30. The maximum absolute atomic E-state index is 10.0. The van der Waals surface area contributed by atoms with Crippen LogP contribution in [0.25, 0.3) is 0 Å². The molecule has 0 aromatic heterocycles. The van der Waals surface area contributed by atoms with Crippen molar-refractivity contribution in [2.75, 3.05) is 0 Å². The van der Waals surface area contributed by atoms with Crippen LogP contribution in [-0.4, -0.2) is 11.2 Å². The summed E-state index contributed by atoms with van der Waals surface area (Å²) in [6.07, 6.45) is 7.44. The number of aliphatic hydroxyl groups excluding tert-OH is 1. The highest BCUT2D eigenvalue weighted by molar-refractivity contribution is 4.91. The fourth-order valence-electron chi connectivity index (χ4n) is 2.43. The first kappa shape index (κ1) is 11.5. The van der Waals surface area contributed by atoms with Crippen molar-refractivity contribution in [3.8, 4) is 6.07 Å². The van der Waals surface area contributed by atoms with Gasteiger partial charge >= 0.3 is 0 Å². The van der Waals surface area contributed by atoms with Crippen LogP contribution in [0.5, 0.6) is 0 Å². The molecule has 0 spiro atoms. The van der Waals surface area contributed by atoms with E-state index in [0.29, 0.717) is 5.92 Å². The Morgan fingerprint density at radius 3 is 2.50 bits per heavy atom. The number of hydrogen-bond donors (Lipinski definition) is 1. The summed E-state index contributed by atoms with van der Waals surface area (Å²) in [5, 5.41) is 19.0. The van der Waals surface area contributed by atoms with Crippen molar-refractivity contribution in [3.63, 3.8) is 0 Å². The van der Waals surface area contributed by atoms with Crippen LogP contribution >= 0.6 is 0 Å². The maximum atomic E-state index is 10.0. The van der Waals surface area contributed by atoms with E-state index in [1.165, 1.54) is 19.3 Å². The summed E-state index contributed by atoms with van der Waals surface area (Å²) in [4.78, 5) is 0. The molecule has 0 amide bonds. The number of nitrogens with zero attached hydrogens (tertiary/aromatic N) is 1. The molecule has 1 aliphatic carbocycles. The van der Waals surface area contributed by atoms with Crippen molar-refractivity contribution in [2.45, 2.75) is 58.0 Å². The van der Waals surface area contributed by atoms with Gasteiger partial charge in [0.25, 0.3) is 0 Å². The molecule has 1 rings (SSSR count). The van der Waals surface area contributed by atoms with E-state index >= 15 is 0 Å². The first-order valence-corrected chi connectivity index (χ1v) is 5.87. The summed E-state index contributed by atoms with van der Waals surface area (Å²) < 4.78 is 0. The fourth-order valence-corrected chi connectivity index (χ4v) is 2.43. The Labute approximate surface area is 86.9 Å². The first-order valence-electron chi connectivity index (χ1n) is 5.87. The zero-order chi connectivity index (χ0) is 10.4. The minimum absolute atomic E-state index is 0.136. The Balaban J connectivity index is 2.44. The molecule has 1 N–H and O–H groups in total. The lowest BCUT2D eigenvalue weighted by Crippen LogP contribution is -2.29. The molecule has 2 nitrogen and oxygen atoms in total. The molecule has 14 heavy (non-hydrogen) atoms. The van der Waals surface area contributed by atoms with Gasteiger partial charge in [-0.25, -0.2) is 0 Å². The van der Waals surface area contributed by atoms with E-state index in [-0.39, 0.29) is 12.0 Å². The predicted octanol–water partition coefficient (Wildman–Crippen LogP) is 2.87. The smallest absolute Gasteiger partial charge is 0.0726 e. The Bertz CT molecular complexity index is 191. The van der Waals surface area contributed by atoms with E-state index in [9.17, 15) is 5.11 Å². The van der Waals surface area contributed by atoms with Crippen LogP contribution in [-0.2, 0) is 0 Å². The Kier molecular flexibility index (Phi) is 4.97. The van der Waals surface area contributed by atoms with Gasteiger partial charge in [0.1, 0.15) is 0 Å². The molecule has 0 aromatic carbocycles. The average molecular weight is 195 g/mol. The van der Waals surface area contributed by atoms with Crippen molar-refractivity contribution < 1.29 is 5.11 Å². The van der Waals surface area contributed by atoms with Crippen LogP contribution in [0.3, 0.4) is 0 Å². The summed E-state index contributed by atoms with van der Waals surface area (Å²) in [5.41, 5.74) is 0. The molecule has 0 bridgehead atoms. The summed E-state index contributed by atoms with van der Waals surface area (Å²) in [6, 6.07) is 2.25. The van der Waals surface area contributed by atoms with Gasteiger partial charge in [-0.15, -0.1) is 0 Å². The zero-order valence-corrected chi connectivity index (χ0v) is 9.08. The second kappa shape index (κ2) is 6.03. The second-order valence-corrected chi connectivity index (χ2v) is 4.41. The van der Waals surface area contributed by atoms with Gasteiger partial charge in [0.15, 0.2) is 0 Å². The molecule has 80 valence electrons. The van der Waals surface area contributed by atoms with Crippen LogP contribution in [0.2, 0.25) is 0 Å². The molecule has 1 fully saturated rings. The minimum Gasteiger partial charge on any atom is -0.391 e. The average Bonchev–Trinajstić information content (AvgIpc) is 2.26. The molecular weight excluding hydrogens is 174 g/mol. The van der Waals surface area contributed by atoms with Gasteiger partial charge in [-0.05, 0) is 25.2 Å². The molecule has 2 heteroatoms. The van der Waals surface area contributed by atoms with Gasteiger partial charge < -0.3 is 5.11 Å². The SMILES string of the molecule is CCCC(C#N)C(O)C1CCCCC1. The minimum atomic E-state index is -0.375. The number of nitriles is 1. The molecular formula is C12H21NO. The molecule has 2 atom stereocenters. The van der Waals surface area contributed by atoms with Crippen LogP contribution in [0.1, 0.15) is 51.9 Å². The van der Waals surface area contributed by atoms with Crippen molar-refractivity contribution >= 4 is 0 Å². The third-order valence-electron chi connectivity index (χ3n) is 3.31. The van der Waals surface area contributed by atoms with Gasteiger partial charge in [0.2, 0.25) is 0 Å². The predicted molar refractivity (Wildman–Crippen MR) is 56.6 cm³/mol. The highest BCUT2D eigenvalue weighted by atomic mass is 16.3. The maximum Gasteiger partial charge on any atom is 0.0726 e.